The molecule has 8 heteroatoms. The Hall–Kier alpha value is -2.48. The molecule has 1 saturated heterocycles. The summed E-state index contributed by atoms with van der Waals surface area (Å²) in [4.78, 5) is 31.5. The van der Waals surface area contributed by atoms with Crippen LogP contribution in [0.3, 0.4) is 0 Å². The van der Waals surface area contributed by atoms with E-state index in [0.717, 1.165) is 5.56 Å². The summed E-state index contributed by atoms with van der Waals surface area (Å²) in [7, 11) is 3.10. The monoisotopic (exact) mass is 390 g/mol. The van der Waals surface area contributed by atoms with Gasteiger partial charge in [-0.2, -0.15) is 0 Å². The van der Waals surface area contributed by atoms with Gasteiger partial charge in [-0.1, -0.05) is 17.8 Å². The average molecular weight is 390 g/mol. The van der Waals surface area contributed by atoms with Gasteiger partial charge in [0, 0.05) is 12.2 Å². The predicted molar refractivity (Wildman–Crippen MR) is 103 cm³/mol. The normalized spacial score (nSPS) is 19.4. The molecule has 0 aromatic heterocycles. The smallest absolute Gasteiger partial charge is 0.338 e. The van der Waals surface area contributed by atoms with Crippen molar-refractivity contribution in [1.82, 2.24) is 4.90 Å². The van der Waals surface area contributed by atoms with E-state index in [0.29, 0.717) is 40.1 Å². The van der Waals surface area contributed by atoms with Crippen molar-refractivity contribution in [3.63, 3.8) is 0 Å². The highest BCUT2D eigenvalue weighted by Crippen LogP contribution is 2.42. The van der Waals surface area contributed by atoms with Crippen molar-refractivity contribution in [1.29, 1.82) is 0 Å². The molecule has 1 amide bonds. The van der Waals surface area contributed by atoms with Crippen LogP contribution in [0.2, 0.25) is 0 Å². The van der Waals surface area contributed by atoms with Crippen LogP contribution in [0.4, 0.5) is 0 Å². The fourth-order valence-corrected chi connectivity index (χ4v) is 4.21. The van der Waals surface area contributed by atoms with Crippen molar-refractivity contribution >= 4 is 28.8 Å². The van der Waals surface area contributed by atoms with Crippen molar-refractivity contribution in [2.45, 2.75) is 26.3 Å². The zero-order valence-electron chi connectivity index (χ0n) is 15.8. The standard InChI is InChI=1S/C19H22N2O5S/c1-5-26-18(23)16-11(2)20-19-21(15(22)8-9-27-19)17(16)12-6-7-13(24-3)14(10-12)25-4/h6-7,10,17H,5,8-9H2,1-4H3. The first-order chi connectivity index (χ1) is 13.0. The Balaban J connectivity index is 2.16. The fourth-order valence-electron chi connectivity index (χ4n) is 3.20. The van der Waals surface area contributed by atoms with Crippen LogP contribution >= 0.6 is 11.8 Å². The molecular weight excluding hydrogens is 368 g/mol. The summed E-state index contributed by atoms with van der Waals surface area (Å²) in [6, 6.07) is 4.76. The lowest BCUT2D eigenvalue weighted by molar-refractivity contribution is -0.139. The van der Waals surface area contributed by atoms with Gasteiger partial charge in [0.1, 0.15) is 0 Å². The number of fused-ring (bicyclic) bond motifs is 1. The molecule has 2 aliphatic heterocycles. The second-order valence-electron chi connectivity index (χ2n) is 5.99. The lowest BCUT2D eigenvalue weighted by atomic mass is 9.94. The number of hydrogen-bond acceptors (Lipinski definition) is 7. The zero-order valence-corrected chi connectivity index (χ0v) is 16.6. The summed E-state index contributed by atoms with van der Waals surface area (Å²) < 4.78 is 16.0. The third-order valence-corrected chi connectivity index (χ3v) is 5.38. The lowest BCUT2D eigenvalue weighted by Gasteiger charge is -2.39. The zero-order chi connectivity index (χ0) is 19.6. The number of amidine groups is 1. The number of carbonyl (C=O) groups excluding carboxylic acids is 2. The van der Waals surface area contributed by atoms with E-state index in [-0.39, 0.29) is 12.5 Å². The van der Waals surface area contributed by atoms with Crippen LogP contribution < -0.4 is 9.47 Å². The second-order valence-corrected chi connectivity index (χ2v) is 7.06. The quantitative estimate of drug-likeness (QED) is 0.720. The Kier molecular flexibility index (Phi) is 5.74. The van der Waals surface area contributed by atoms with E-state index in [1.165, 1.54) is 11.8 Å². The van der Waals surface area contributed by atoms with Crippen LogP contribution in [0.5, 0.6) is 11.5 Å². The maximum absolute atomic E-state index is 12.7. The number of allylic oxidation sites excluding steroid dienone is 1. The van der Waals surface area contributed by atoms with Crippen LogP contribution in [0.1, 0.15) is 31.9 Å². The van der Waals surface area contributed by atoms with E-state index in [9.17, 15) is 9.59 Å². The number of thioether (sulfide) groups is 1. The number of benzene rings is 1. The van der Waals surface area contributed by atoms with Gasteiger partial charge in [0.15, 0.2) is 16.7 Å². The van der Waals surface area contributed by atoms with E-state index >= 15 is 0 Å². The first kappa shape index (κ1) is 19.3. The van der Waals surface area contributed by atoms with Crippen LogP contribution in [0, 0.1) is 0 Å². The van der Waals surface area contributed by atoms with Crippen molar-refractivity contribution < 1.29 is 23.8 Å². The minimum absolute atomic E-state index is 0.0680. The highest BCUT2D eigenvalue weighted by atomic mass is 32.2. The molecule has 27 heavy (non-hydrogen) atoms. The van der Waals surface area contributed by atoms with Gasteiger partial charge in [0.25, 0.3) is 0 Å². The first-order valence-electron chi connectivity index (χ1n) is 8.65. The summed E-state index contributed by atoms with van der Waals surface area (Å²) in [5.74, 6) is 1.23. The van der Waals surface area contributed by atoms with Gasteiger partial charge in [-0.25, -0.2) is 9.79 Å². The number of amides is 1. The van der Waals surface area contributed by atoms with E-state index < -0.39 is 12.0 Å². The number of hydrogen-bond donors (Lipinski definition) is 0. The fraction of sp³-hybridized carbons (Fsp3) is 0.421. The molecule has 7 nitrogen and oxygen atoms in total. The third kappa shape index (κ3) is 3.53. The Labute approximate surface area is 162 Å². The Morgan fingerprint density at radius 2 is 2.04 bits per heavy atom. The van der Waals surface area contributed by atoms with Gasteiger partial charge in [-0.3, -0.25) is 9.69 Å². The molecular formula is C19H22N2O5S. The number of ether oxygens (including phenoxy) is 3. The molecule has 0 N–H and O–H groups in total. The predicted octanol–water partition coefficient (Wildman–Crippen LogP) is 2.92. The molecule has 144 valence electrons. The van der Waals surface area contributed by atoms with Crippen molar-refractivity contribution in [2.24, 2.45) is 4.99 Å². The summed E-state index contributed by atoms with van der Waals surface area (Å²) in [5.41, 5.74) is 1.66. The number of esters is 1. The summed E-state index contributed by atoms with van der Waals surface area (Å²) in [6.07, 6.45) is 0.391. The SMILES string of the molecule is CCOC(=O)C1=C(C)N=C2SCCC(=O)N2C1c1ccc(OC)c(OC)c1. The molecule has 1 unspecified atom stereocenters. The molecule has 3 rings (SSSR count). The van der Waals surface area contributed by atoms with Crippen LogP contribution in [0.15, 0.2) is 34.5 Å². The largest absolute Gasteiger partial charge is 0.493 e. The first-order valence-corrected chi connectivity index (χ1v) is 9.63. The molecule has 1 fully saturated rings. The Morgan fingerprint density at radius 3 is 2.70 bits per heavy atom. The van der Waals surface area contributed by atoms with Crippen LogP contribution in [0.25, 0.3) is 0 Å². The maximum atomic E-state index is 12.7. The summed E-state index contributed by atoms with van der Waals surface area (Å²) in [6.45, 7) is 3.76. The lowest BCUT2D eigenvalue weighted by Crippen LogP contribution is -2.45. The molecule has 0 aliphatic carbocycles. The summed E-state index contributed by atoms with van der Waals surface area (Å²) >= 11 is 1.51. The molecule has 0 saturated carbocycles. The van der Waals surface area contributed by atoms with E-state index in [1.54, 1.807) is 45.1 Å². The molecule has 0 radical (unpaired) electrons. The molecule has 0 bridgehead atoms. The molecule has 1 atom stereocenters. The van der Waals surface area contributed by atoms with Crippen LogP contribution in [-0.4, -0.2) is 48.5 Å². The van der Waals surface area contributed by atoms with Crippen molar-refractivity contribution in [3.05, 3.63) is 35.0 Å². The topological polar surface area (TPSA) is 77.4 Å². The highest BCUT2D eigenvalue weighted by Gasteiger charge is 2.41. The molecule has 2 aliphatic rings. The number of rotatable bonds is 5. The van der Waals surface area contributed by atoms with E-state index in [1.807, 2.05) is 6.07 Å². The minimum atomic E-state index is -0.614. The van der Waals surface area contributed by atoms with Gasteiger partial charge in [-0.15, -0.1) is 0 Å². The molecule has 1 aromatic carbocycles. The molecule has 0 spiro atoms. The van der Waals surface area contributed by atoms with Gasteiger partial charge >= 0.3 is 5.97 Å². The number of nitrogens with zero attached hydrogens (tertiary/aromatic N) is 2. The van der Waals surface area contributed by atoms with Gasteiger partial charge in [0.05, 0.1) is 38.1 Å². The highest BCUT2D eigenvalue weighted by molar-refractivity contribution is 8.14. The number of carbonyl (C=O) groups is 2. The van der Waals surface area contributed by atoms with E-state index in [2.05, 4.69) is 4.99 Å². The van der Waals surface area contributed by atoms with E-state index in [4.69, 9.17) is 14.2 Å². The summed E-state index contributed by atoms with van der Waals surface area (Å²) in [5, 5.41) is 0.608. The number of methoxy groups -OCH3 is 2. The van der Waals surface area contributed by atoms with Crippen molar-refractivity contribution in [3.8, 4) is 11.5 Å². The second kappa shape index (κ2) is 8.04. The van der Waals surface area contributed by atoms with Gasteiger partial charge in [0.2, 0.25) is 5.91 Å². The third-order valence-electron chi connectivity index (χ3n) is 4.43. The van der Waals surface area contributed by atoms with Crippen LogP contribution in [-0.2, 0) is 14.3 Å². The van der Waals surface area contributed by atoms with Gasteiger partial charge in [-0.05, 0) is 31.5 Å². The Morgan fingerprint density at radius 1 is 1.30 bits per heavy atom. The molecule has 1 aromatic rings. The minimum Gasteiger partial charge on any atom is -0.493 e. The maximum Gasteiger partial charge on any atom is 0.338 e. The molecule has 2 heterocycles. The number of aliphatic imine (C=N–C) groups is 1. The average Bonchev–Trinajstić information content (AvgIpc) is 2.66. The Bertz CT molecular complexity index is 833. The van der Waals surface area contributed by atoms with Crippen molar-refractivity contribution in [2.75, 3.05) is 26.6 Å². The van der Waals surface area contributed by atoms with Gasteiger partial charge < -0.3 is 14.2 Å².